The van der Waals surface area contributed by atoms with Gasteiger partial charge in [-0.2, -0.15) is 15.0 Å². The van der Waals surface area contributed by atoms with Crippen LogP contribution in [0.5, 0.6) is 0 Å². The molecule has 0 aliphatic carbocycles. The molecule has 0 bridgehead atoms. The Labute approximate surface area is 125 Å². The van der Waals surface area contributed by atoms with Gasteiger partial charge in [-0.1, -0.05) is 27.7 Å². The first-order valence-electron chi connectivity index (χ1n) is 7.13. The van der Waals surface area contributed by atoms with Crippen LogP contribution >= 0.6 is 0 Å². The lowest BCUT2D eigenvalue weighted by molar-refractivity contribution is -0.138. The van der Waals surface area contributed by atoms with Crippen molar-refractivity contribution < 1.29 is 9.90 Å². The van der Waals surface area contributed by atoms with Crippen molar-refractivity contribution in [3.63, 3.8) is 0 Å². The molecule has 2 N–H and O–H groups in total. The SMILES string of the molecule is CC(C)CC(Nc1nc(C(C)C)nc(N(C)C)n1)C(=O)O. The van der Waals surface area contributed by atoms with Crippen molar-refractivity contribution in [3.05, 3.63) is 5.82 Å². The number of carbonyl (C=O) groups is 1. The highest BCUT2D eigenvalue weighted by Gasteiger charge is 2.21. The molecular formula is C14H25N5O2. The molecule has 1 atom stereocenters. The molecule has 0 radical (unpaired) electrons. The molecule has 0 aromatic carbocycles. The summed E-state index contributed by atoms with van der Waals surface area (Å²) in [4.78, 5) is 26.1. The number of carboxylic acid groups (broad SMARTS) is 1. The van der Waals surface area contributed by atoms with Crippen molar-refractivity contribution in [2.75, 3.05) is 24.3 Å². The monoisotopic (exact) mass is 295 g/mol. The highest BCUT2D eigenvalue weighted by Crippen LogP contribution is 2.17. The molecule has 0 saturated heterocycles. The fraction of sp³-hybridized carbons (Fsp3) is 0.714. The second-order valence-corrected chi connectivity index (χ2v) is 6.03. The molecular weight excluding hydrogens is 270 g/mol. The number of nitrogens with one attached hydrogen (secondary N) is 1. The van der Waals surface area contributed by atoms with Gasteiger partial charge in [0.05, 0.1) is 0 Å². The molecule has 1 aromatic rings. The standard InChI is InChI=1S/C14H25N5O2/c1-8(2)7-10(12(20)21)15-13-16-11(9(3)4)17-14(18-13)19(5)6/h8-10H,7H2,1-6H3,(H,20,21)(H,15,16,17,18). The number of aromatic nitrogens is 3. The first kappa shape index (κ1) is 17.1. The summed E-state index contributed by atoms with van der Waals surface area (Å²) in [7, 11) is 3.68. The van der Waals surface area contributed by atoms with E-state index in [1.54, 1.807) is 4.90 Å². The zero-order valence-corrected chi connectivity index (χ0v) is 13.6. The van der Waals surface area contributed by atoms with Crippen LogP contribution in [0.4, 0.5) is 11.9 Å². The second-order valence-electron chi connectivity index (χ2n) is 6.03. The topological polar surface area (TPSA) is 91.2 Å². The van der Waals surface area contributed by atoms with Gasteiger partial charge in [0.15, 0.2) is 0 Å². The molecule has 21 heavy (non-hydrogen) atoms. The average Bonchev–Trinajstić information content (AvgIpc) is 2.36. The Morgan fingerprint density at radius 2 is 1.81 bits per heavy atom. The second kappa shape index (κ2) is 7.19. The Morgan fingerprint density at radius 3 is 2.24 bits per heavy atom. The van der Waals surface area contributed by atoms with E-state index in [1.807, 2.05) is 41.8 Å². The number of nitrogens with zero attached hydrogens (tertiary/aromatic N) is 4. The first-order valence-corrected chi connectivity index (χ1v) is 7.13. The molecule has 118 valence electrons. The minimum atomic E-state index is -0.901. The summed E-state index contributed by atoms with van der Waals surface area (Å²) in [6.45, 7) is 7.94. The highest BCUT2D eigenvalue weighted by molar-refractivity contribution is 5.76. The maximum absolute atomic E-state index is 11.3. The van der Waals surface area contributed by atoms with Crippen LogP contribution in [0.25, 0.3) is 0 Å². The summed E-state index contributed by atoms with van der Waals surface area (Å²) in [5.74, 6) is 0.973. The highest BCUT2D eigenvalue weighted by atomic mass is 16.4. The fourth-order valence-electron chi connectivity index (χ4n) is 1.75. The van der Waals surface area contributed by atoms with Crippen molar-refractivity contribution in [1.29, 1.82) is 0 Å². The summed E-state index contributed by atoms with van der Waals surface area (Å²) < 4.78 is 0. The van der Waals surface area contributed by atoms with Gasteiger partial charge in [0.1, 0.15) is 11.9 Å². The predicted molar refractivity (Wildman–Crippen MR) is 82.7 cm³/mol. The quantitative estimate of drug-likeness (QED) is 0.794. The Hall–Kier alpha value is -1.92. The van der Waals surface area contributed by atoms with Crippen molar-refractivity contribution >= 4 is 17.9 Å². The third-order valence-corrected chi connectivity index (χ3v) is 2.87. The molecule has 0 aliphatic heterocycles. The molecule has 0 amide bonds. The molecule has 0 fully saturated rings. The number of carboxylic acids is 1. The van der Waals surface area contributed by atoms with Crippen LogP contribution in [0.1, 0.15) is 45.9 Å². The van der Waals surface area contributed by atoms with Crippen molar-refractivity contribution in [3.8, 4) is 0 Å². The summed E-state index contributed by atoms with van der Waals surface area (Å²) in [6, 6.07) is -0.706. The van der Waals surface area contributed by atoms with Crippen LogP contribution in [-0.4, -0.2) is 46.2 Å². The third-order valence-electron chi connectivity index (χ3n) is 2.87. The molecule has 1 rings (SSSR count). The van der Waals surface area contributed by atoms with Crippen LogP contribution in [0, 0.1) is 5.92 Å². The molecule has 1 unspecified atom stereocenters. The van der Waals surface area contributed by atoms with E-state index in [-0.39, 0.29) is 11.8 Å². The normalized spacial score (nSPS) is 12.6. The smallest absolute Gasteiger partial charge is 0.326 e. The van der Waals surface area contributed by atoms with Crippen molar-refractivity contribution in [1.82, 2.24) is 15.0 Å². The molecule has 1 aromatic heterocycles. The van der Waals surface area contributed by atoms with Crippen LogP contribution in [0.2, 0.25) is 0 Å². The minimum Gasteiger partial charge on any atom is -0.480 e. The number of aliphatic carboxylic acids is 1. The van der Waals surface area contributed by atoms with E-state index in [4.69, 9.17) is 0 Å². The molecule has 0 aliphatic rings. The number of hydrogen-bond acceptors (Lipinski definition) is 6. The Morgan fingerprint density at radius 1 is 1.19 bits per heavy atom. The largest absolute Gasteiger partial charge is 0.480 e. The van der Waals surface area contributed by atoms with E-state index < -0.39 is 12.0 Å². The van der Waals surface area contributed by atoms with Crippen LogP contribution in [0.15, 0.2) is 0 Å². The maximum atomic E-state index is 11.3. The molecule has 1 heterocycles. The Balaban J connectivity index is 3.07. The minimum absolute atomic E-state index is 0.139. The number of anilines is 2. The van der Waals surface area contributed by atoms with Gasteiger partial charge in [-0.25, -0.2) is 4.79 Å². The summed E-state index contributed by atoms with van der Waals surface area (Å²) in [5.41, 5.74) is 0. The lowest BCUT2D eigenvalue weighted by atomic mass is 10.0. The van der Waals surface area contributed by atoms with Crippen LogP contribution in [-0.2, 0) is 4.79 Å². The first-order chi connectivity index (χ1) is 9.70. The molecule has 0 saturated carbocycles. The summed E-state index contributed by atoms with van der Waals surface area (Å²) >= 11 is 0. The van der Waals surface area contributed by atoms with Gasteiger partial charge in [-0.15, -0.1) is 0 Å². The average molecular weight is 295 g/mol. The lowest BCUT2D eigenvalue weighted by Crippen LogP contribution is -2.32. The van der Waals surface area contributed by atoms with Crippen molar-refractivity contribution in [2.24, 2.45) is 5.92 Å². The predicted octanol–water partition coefficient (Wildman–Crippen LogP) is 1.97. The zero-order valence-electron chi connectivity index (χ0n) is 13.6. The maximum Gasteiger partial charge on any atom is 0.326 e. The van der Waals surface area contributed by atoms with E-state index in [0.29, 0.717) is 24.1 Å². The Kier molecular flexibility index (Phi) is 5.87. The van der Waals surface area contributed by atoms with Crippen molar-refractivity contribution in [2.45, 2.75) is 46.1 Å². The van der Waals surface area contributed by atoms with Crippen LogP contribution in [0.3, 0.4) is 0 Å². The Bertz CT molecular complexity index is 462. The van der Waals surface area contributed by atoms with Gasteiger partial charge in [-0.3, -0.25) is 0 Å². The van der Waals surface area contributed by atoms with Crippen LogP contribution < -0.4 is 10.2 Å². The van der Waals surface area contributed by atoms with E-state index >= 15 is 0 Å². The van der Waals surface area contributed by atoms with E-state index in [9.17, 15) is 9.90 Å². The third kappa shape index (κ3) is 5.17. The van der Waals surface area contributed by atoms with E-state index in [0.717, 1.165) is 0 Å². The lowest BCUT2D eigenvalue weighted by Gasteiger charge is -2.19. The molecule has 0 spiro atoms. The number of hydrogen-bond donors (Lipinski definition) is 2. The fourth-order valence-corrected chi connectivity index (χ4v) is 1.75. The zero-order chi connectivity index (χ0) is 16.2. The van der Waals surface area contributed by atoms with Gasteiger partial charge < -0.3 is 15.3 Å². The van der Waals surface area contributed by atoms with Gasteiger partial charge in [0.2, 0.25) is 11.9 Å². The van der Waals surface area contributed by atoms with Gasteiger partial charge in [0.25, 0.3) is 0 Å². The van der Waals surface area contributed by atoms with Gasteiger partial charge in [-0.05, 0) is 12.3 Å². The summed E-state index contributed by atoms with van der Waals surface area (Å²) in [5, 5.41) is 12.2. The van der Waals surface area contributed by atoms with Gasteiger partial charge >= 0.3 is 5.97 Å². The summed E-state index contributed by atoms with van der Waals surface area (Å²) in [6.07, 6.45) is 0.509. The molecule has 7 heteroatoms. The molecule has 7 nitrogen and oxygen atoms in total. The van der Waals surface area contributed by atoms with Gasteiger partial charge in [0, 0.05) is 20.0 Å². The number of rotatable bonds is 7. The van der Waals surface area contributed by atoms with E-state index in [1.165, 1.54) is 0 Å². The van der Waals surface area contributed by atoms with E-state index in [2.05, 4.69) is 20.3 Å².